The highest BCUT2D eigenvalue weighted by atomic mass is 15.0. The molecule has 59 heavy (non-hydrogen) atoms. The zero-order valence-corrected chi connectivity index (χ0v) is 36.0. The van der Waals surface area contributed by atoms with Gasteiger partial charge in [-0.15, -0.1) is 0 Å². The van der Waals surface area contributed by atoms with Crippen molar-refractivity contribution in [3.05, 3.63) is 138 Å². The van der Waals surface area contributed by atoms with Gasteiger partial charge in [-0.3, -0.25) is 0 Å². The molecule has 0 radical (unpaired) electrons. The highest BCUT2D eigenvalue weighted by Crippen LogP contribution is 2.59. The van der Waals surface area contributed by atoms with Crippen LogP contribution in [0.2, 0.25) is 0 Å². The Hall–Kier alpha value is -5.28. The minimum Gasteiger partial charge on any atom is -0.399 e. The molecule has 1 aromatic heterocycles. The van der Waals surface area contributed by atoms with Crippen molar-refractivity contribution in [3.63, 3.8) is 0 Å². The van der Waals surface area contributed by atoms with Crippen LogP contribution in [0.5, 0.6) is 0 Å². The van der Waals surface area contributed by atoms with Gasteiger partial charge in [0.2, 0.25) is 0 Å². The van der Waals surface area contributed by atoms with E-state index in [4.69, 9.17) is 11.5 Å². The van der Waals surface area contributed by atoms with Crippen LogP contribution in [0, 0.1) is 0 Å². The summed E-state index contributed by atoms with van der Waals surface area (Å²) in [6.07, 6.45) is 17.7. The fourth-order valence-corrected chi connectivity index (χ4v) is 11.3. The Morgan fingerprint density at radius 1 is 0.492 bits per heavy atom. The van der Waals surface area contributed by atoms with Crippen LogP contribution in [0.25, 0.3) is 60.9 Å². The summed E-state index contributed by atoms with van der Waals surface area (Å²) in [4.78, 5) is 0. The van der Waals surface area contributed by atoms with E-state index >= 15 is 0 Å². The largest absolute Gasteiger partial charge is 0.399 e. The molecule has 2 aliphatic carbocycles. The van der Waals surface area contributed by atoms with Crippen molar-refractivity contribution in [1.82, 2.24) is 4.57 Å². The van der Waals surface area contributed by atoms with Crippen LogP contribution in [0.4, 0.5) is 11.4 Å². The Balaban J connectivity index is 1.15. The number of nitrogen functional groups attached to an aromatic ring is 2. The number of unbranched alkanes of at least 4 members (excludes halogenated alkanes) is 10. The molecule has 9 rings (SSSR count). The Bertz CT molecular complexity index is 2590. The third-order valence-electron chi connectivity index (χ3n) is 14.3. The minimum absolute atomic E-state index is 0.130. The molecule has 2 aliphatic rings. The molecule has 1 heterocycles. The topological polar surface area (TPSA) is 57.0 Å². The average Bonchev–Trinajstić information content (AvgIpc) is 3.81. The first-order chi connectivity index (χ1) is 28.8. The van der Waals surface area contributed by atoms with E-state index in [1.54, 1.807) is 0 Å². The predicted molar refractivity (Wildman–Crippen MR) is 255 cm³/mol. The fraction of sp³-hybridized carbons (Fsp3) is 0.357. The lowest BCUT2D eigenvalue weighted by molar-refractivity contribution is 0.399. The van der Waals surface area contributed by atoms with Gasteiger partial charge in [0.1, 0.15) is 0 Å². The van der Waals surface area contributed by atoms with Crippen LogP contribution in [-0.2, 0) is 10.8 Å². The second-order valence-corrected chi connectivity index (χ2v) is 18.4. The van der Waals surface area contributed by atoms with E-state index in [0.717, 1.165) is 24.2 Å². The summed E-state index contributed by atoms with van der Waals surface area (Å²) < 4.78 is 2.45. The molecular formula is C56H63N3. The highest BCUT2D eigenvalue weighted by Gasteiger charge is 2.45. The lowest BCUT2D eigenvalue weighted by Crippen LogP contribution is -2.27. The summed E-state index contributed by atoms with van der Waals surface area (Å²) in [5.41, 5.74) is 32.5. The minimum atomic E-state index is -0.201. The van der Waals surface area contributed by atoms with E-state index in [1.165, 1.54) is 160 Å². The summed E-state index contributed by atoms with van der Waals surface area (Å²) in [5.74, 6) is 0. The summed E-state index contributed by atoms with van der Waals surface area (Å²) in [6.45, 7) is 9.44. The molecule has 302 valence electrons. The Labute approximate surface area is 352 Å². The predicted octanol–water partition coefficient (Wildman–Crippen LogP) is 15.7. The molecule has 3 nitrogen and oxygen atoms in total. The number of para-hydroxylation sites is 2. The van der Waals surface area contributed by atoms with E-state index < -0.39 is 0 Å². The first-order valence-electron chi connectivity index (χ1n) is 22.9. The first-order valence-corrected chi connectivity index (χ1v) is 22.9. The van der Waals surface area contributed by atoms with E-state index in [2.05, 4.69) is 148 Å². The number of fused-ring (bicyclic) bond motifs is 9. The van der Waals surface area contributed by atoms with Crippen LogP contribution in [0.3, 0.4) is 0 Å². The lowest BCUT2D eigenvalue weighted by atomic mass is 9.68. The SMILES string of the molecule is CCCCCCCCC1(CCCCCCCC)c2cc(N)ccc2-c2ccc(N)c(-c3ccc4c(c3)C(C)(C)c3cc(-n5c6ccccc6c6ccccc65)ccc3-4)c21. The second-order valence-electron chi connectivity index (χ2n) is 18.4. The zero-order valence-electron chi connectivity index (χ0n) is 36.0. The van der Waals surface area contributed by atoms with Crippen molar-refractivity contribution in [2.75, 3.05) is 11.5 Å². The molecule has 6 aromatic carbocycles. The van der Waals surface area contributed by atoms with Gasteiger partial charge in [0.25, 0.3) is 0 Å². The molecule has 7 aromatic rings. The number of hydrogen-bond acceptors (Lipinski definition) is 2. The Morgan fingerprint density at radius 2 is 1.02 bits per heavy atom. The number of benzene rings is 6. The first kappa shape index (κ1) is 39.2. The van der Waals surface area contributed by atoms with Crippen molar-refractivity contribution >= 4 is 33.2 Å². The van der Waals surface area contributed by atoms with Crippen molar-refractivity contribution < 1.29 is 0 Å². The van der Waals surface area contributed by atoms with E-state index in [0.29, 0.717) is 0 Å². The van der Waals surface area contributed by atoms with Gasteiger partial charge >= 0.3 is 0 Å². The van der Waals surface area contributed by atoms with Gasteiger partial charge in [0.15, 0.2) is 0 Å². The number of hydrogen-bond donors (Lipinski definition) is 2. The number of nitrogens with zero attached hydrogens (tertiary/aromatic N) is 1. The van der Waals surface area contributed by atoms with Crippen LogP contribution >= 0.6 is 0 Å². The molecule has 0 fully saturated rings. The average molecular weight is 778 g/mol. The molecular weight excluding hydrogens is 715 g/mol. The fourth-order valence-electron chi connectivity index (χ4n) is 11.3. The van der Waals surface area contributed by atoms with E-state index in [1.807, 2.05) is 0 Å². The standard InChI is InChI=1S/C56H63N3/c1-5-7-9-11-13-19-33-56(34-20-14-12-10-8-6-2)49-36-39(57)26-29-43(49)46-31-32-50(58)53(54(46)56)38-25-28-41-42-30-27-40(37-48(42)55(3,4)47(41)35-38)59-51-23-17-15-21-44(51)45-22-16-18-24-52(45)59/h15-18,21-32,35-37H,5-14,19-20,33-34,57-58H2,1-4H3. The molecule has 0 atom stereocenters. The molecule has 0 saturated heterocycles. The lowest BCUT2D eigenvalue weighted by Gasteiger charge is -2.35. The molecule has 4 N–H and O–H groups in total. The van der Waals surface area contributed by atoms with Crippen LogP contribution < -0.4 is 11.5 Å². The normalized spacial score (nSPS) is 14.4. The molecule has 0 spiro atoms. The van der Waals surface area contributed by atoms with Gasteiger partial charge in [0.05, 0.1) is 11.0 Å². The zero-order chi connectivity index (χ0) is 40.7. The quantitative estimate of drug-likeness (QED) is 0.0758. The van der Waals surface area contributed by atoms with Gasteiger partial charge in [-0.25, -0.2) is 0 Å². The summed E-state index contributed by atoms with van der Waals surface area (Å²) in [7, 11) is 0. The Morgan fingerprint density at radius 3 is 1.66 bits per heavy atom. The van der Waals surface area contributed by atoms with Gasteiger partial charge < -0.3 is 16.0 Å². The maximum absolute atomic E-state index is 7.27. The third-order valence-corrected chi connectivity index (χ3v) is 14.3. The van der Waals surface area contributed by atoms with Crippen molar-refractivity contribution in [3.8, 4) is 39.1 Å². The maximum atomic E-state index is 7.27. The van der Waals surface area contributed by atoms with E-state index in [-0.39, 0.29) is 10.8 Å². The van der Waals surface area contributed by atoms with Crippen molar-refractivity contribution in [2.24, 2.45) is 0 Å². The third kappa shape index (κ3) is 6.66. The van der Waals surface area contributed by atoms with Gasteiger partial charge in [0, 0.05) is 44.2 Å². The number of nitrogens with two attached hydrogens (primary N) is 2. The summed E-state index contributed by atoms with van der Waals surface area (Å²) in [5, 5.41) is 2.58. The molecule has 0 amide bonds. The van der Waals surface area contributed by atoms with Crippen LogP contribution in [-0.4, -0.2) is 4.57 Å². The molecule has 0 bridgehead atoms. The van der Waals surface area contributed by atoms with Crippen molar-refractivity contribution in [1.29, 1.82) is 0 Å². The number of rotatable bonds is 16. The van der Waals surface area contributed by atoms with Gasteiger partial charge in [-0.05, 0) is 111 Å². The smallest absolute Gasteiger partial charge is 0.0541 e. The monoisotopic (exact) mass is 778 g/mol. The highest BCUT2D eigenvalue weighted by molar-refractivity contribution is 6.09. The molecule has 0 saturated carbocycles. The Kier molecular flexibility index (Phi) is 10.7. The summed E-state index contributed by atoms with van der Waals surface area (Å²) >= 11 is 0. The van der Waals surface area contributed by atoms with Crippen LogP contribution in [0.15, 0.2) is 115 Å². The van der Waals surface area contributed by atoms with Gasteiger partial charge in [-0.2, -0.15) is 0 Å². The van der Waals surface area contributed by atoms with E-state index in [9.17, 15) is 0 Å². The molecule has 3 heteroatoms. The van der Waals surface area contributed by atoms with Crippen LogP contribution in [0.1, 0.15) is 140 Å². The number of aromatic nitrogens is 1. The second kappa shape index (κ2) is 16.1. The van der Waals surface area contributed by atoms with Gasteiger partial charge in [-0.1, -0.05) is 171 Å². The molecule has 0 unspecified atom stereocenters. The maximum Gasteiger partial charge on any atom is 0.0541 e. The van der Waals surface area contributed by atoms with Crippen molar-refractivity contribution in [2.45, 2.75) is 128 Å². The number of anilines is 2. The summed E-state index contributed by atoms with van der Waals surface area (Å²) in [6, 6.07) is 43.2. The molecule has 0 aliphatic heterocycles.